The van der Waals surface area contributed by atoms with E-state index in [1.54, 1.807) is 31.2 Å². The first kappa shape index (κ1) is 20.2. The topological polar surface area (TPSA) is 75.7 Å². The van der Waals surface area contributed by atoms with E-state index >= 15 is 0 Å². The molecule has 1 heterocycles. The third-order valence-corrected chi connectivity index (χ3v) is 6.62. The number of aryl methyl sites for hydroxylation is 1. The van der Waals surface area contributed by atoms with E-state index in [4.69, 9.17) is 4.74 Å². The number of amides is 1. The molecule has 0 bridgehead atoms. The van der Waals surface area contributed by atoms with E-state index in [1.165, 1.54) is 4.31 Å². The van der Waals surface area contributed by atoms with Crippen molar-refractivity contribution in [3.05, 3.63) is 54.1 Å². The Balaban J connectivity index is 1.72. The Hall–Kier alpha value is -2.54. The van der Waals surface area contributed by atoms with Crippen molar-refractivity contribution < 1.29 is 17.9 Å². The van der Waals surface area contributed by atoms with E-state index in [0.29, 0.717) is 30.1 Å². The molecule has 1 aliphatic rings. The molecule has 0 fully saturated rings. The summed E-state index contributed by atoms with van der Waals surface area (Å²) in [5, 5.41) is 2.86. The van der Waals surface area contributed by atoms with Gasteiger partial charge < -0.3 is 10.1 Å². The van der Waals surface area contributed by atoms with Gasteiger partial charge in [0, 0.05) is 12.2 Å². The maximum atomic E-state index is 12.5. The van der Waals surface area contributed by atoms with Crippen LogP contribution in [0.15, 0.2) is 48.5 Å². The molecule has 1 N–H and O–H groups in total. The van der Waals surface area contributed by atoms with E-state index in [0.717, 1.165) is 18.4 Å². The van der Waals surface area contributed by atoms with Crippen LogP contribution in [0.25, 0.3) is 0 Å². The molecule has 150 valence electrons. The lowest BCUT2D eigenvalue weighted by molar-refractivity contribution is -0.122. The minimum absolute atomic E-state index is 0.138. The Bertz CT molecular complexity index is 929. The molecule has 0 aliphatic carbocycles. The zero-order valence-electron chi connectivity index (χ0n) is 16.2. The van der Waals surface area contributed by atoms with Gasteiger partial charge in [0.05, 0.1) is 11.4 Å². The SMILES string of the molecule is CCCS(=O)(=O)N1CCCc2cc(NC(=O)C(C)Oc3ccccc3)ccc21. The molecule has 2 aromatic rings. The normalized spacial score (nSPS) is 14.9. The fraction of sp³-hybridized carbons (Fsp3) is 0.381. The van der Waals surface area contributed by atoms with Crippen molar-refractivity contribution in [2.75, 3.05) is 21.9 Å². The van der Waals surface area contributed by atoms with Crippen molar-refractivity contribution >= 4 is 27.3 Å². The number of ether oxygens (including phenoxy) is 1. The van der Waals surface area contributed by atoms with E-state index in [-0.39, 0.29) is 11.7 Å². The van der Waals surface area contributed by atoms with Gasteiger partial charge in [-0.25, -0.2) is 8.42 Å². The number of sulfonamides is 1. The Morgan fingerprint density at radius 1 is 1.21 bits per heavy atom. The van der Waals surface area contributed by atoms with Crippen molar-refractivity contribution in [1.29, 1.82) is 0 Å². The van der Waals surface area contributed by atoms with Gasteiger partial charge in [0.2, 0.25) is 10.0 Å². The fourth-order valence-corrected chi connectivity index (χ4v) is 4.92. The van der Waals surface area contributed by atoms with Crippen LogP contribution in [0.2, 0.25) is 0 Å². The second-order valence-electron chi connectivity index (χ2n) is 6.90. The number of hydrogen-bond acceptors (Lipinski definition) is 4. The fourth-order valence-electron chi connectivity index (χ4n) is 3.30. The maximum absolute atomic E-state index is 12.5. The van der Waals surface area contributed by atoms with Gasteiger partial charge >= 0.3 is 0 Å². The summed E-state index contributed by atoms with van der Waals surface area (Å²) in [4.78, 5) is 12.5. The lowest BCUT2D eigenvalue weighted by Crippen LogP contribution is -2.37. The van der Waals surface area contributed by atoms with Crippen molar-refractivity contribution in [3.8, 4) is 5.75 Å². The Kier molecular flexibility index (Phi) is 6.24. The third kappa shape index (κ3) is 4.65. The highest BCUT2D eigenvalue weighted by molar-refractivity contribution is 7.92. The molecule has 7 heteroatoms. The molecule has 2 aromatic carbocycles. The van der Waals surface area contributed by atoms with Crippen molar-refractivity contribution in [1.82, 2.24) is 0 Å². The minimum atomic E-state index is -3.30. The molecule has 0 saturated heterocycles. The van der Waals surface area contributed by atoms with Crippen LogP contribution < -0.4 is 14.4 Å². The highest BCUT2D eigenvalue weighted by Crippen LogP contribution is 2.32. The van der Waals surface area contributed by atoms with Crippen LogP contribution in [0.1, 0.15) is 32.3 Å². The van der Waals surface area contributed by atoms with E-state index in [2.05, 4.69) is 5.32 Å². The third-order valence-electron chi connectivity index (χ3n) is 4.65. The van der Waals surface area contributed by atoms with Gasteiger partial charge in [-0.2, -0.15) is 0 Å². The summed E-state index contributed by atoms with van der Waals surface area (Å²) >= 11 is 0. The molecule has 28 heavy (non-hydrogen) atoms. The largest absolute Gasteiger partial charge is 0.481 e. The summed E-state index contributed by atoms with van der Waals surface area (Å²) in [6.07, 6.45) is 1.48. The molecule has 0 saturated carbocycles. The number of carbonyl (C=O) groups is 1. The van der Waals surface area contributed by atoms with Crippen molar-refractivity contribution in [3.63, 3.8) is 0 Å². The molecular formula is C21H26N2O4S. The second-order valence-corrected chi connectivity index (χ2v) is 8.91. The second kappa shape index (κ2) is 8.65. The number of rotatable bonds is 7. The number of carbonyl (C=O) groups excluding carboxylic acids is 1. The van der Waals surface area contributed by atoms with Gasteiger partial charge in [0.15, 0.2) is 6.10 Å². The Labute approximate surface area is 166 Å². The van der Waals surface area contributed by atoms with E-state index < -0.39 is 16.1 Å². The smallest absolute Gasteiger partial charge is 0.265 e. The number of fused-ring (bicyclic) bond motifs is 1. The summed E-state index contributed by atoms with van der Waals surface area (Å²) in [6, 6.07) is 14.6. The first-order valence-electron chi connectivity index (χ1n) is 9.56. The first-order chi connectivity index (χ1) is 13.4. The molecule has 3 rings (SSSR count). The highest BCUT2D eigenvalue weighted by Gasteiger charge is 2.27. The van der Waals surface area contributed by atoms with Crippen LogP contribution >= 0.6 is 0 Å². The standard InChI is InChI=1S/C21H26N2O4S/c1-3-14-28(25,26)23-13-7-8-17-15-18(11-12-20(17)23)22-21(24)16(2)27-19-9-5-4-6-10-19/h4-6,9-12,15-16H,3,7-8,13-14H2,1-2H3,(H,22,24). The summed E-state index contributed by atoms with van der Waals surface area (Å²) in [6.45, 7) is 4.06. The zero-order valence-corrected chi connectivity index (χ0v) is 17.0. The average molecular weight is 403 g/mol. The van der Waals surface area contributed by atoms with Gasteiger partial charge in [0.25, 0.3) is 5.91 Å². The van der Waals surface area contributed by atoms with Crippen LogP contribution in [0.5, 0.6) is 5.75 Å². The van der Waals surface area contributed by atoms with Crippen molar-refractivity contribution in [2.24, 2.45) is 0 Å². The van der Waals surface area contributed by atoms with Crippen LogP contribution in [0.4, 0.5) is 11.4 Å². The zero-order chi connectivity index (χ0) is 20.1. The summed E-state index contributed by atoms with van der Waals surface area (Å²) in [7, 11) is -3.30. The van der Waals surface area contributed by atoms with Gasteiger partial charge in [-0.05, 0) is 62.1 Å². The van der Waals surface area contributed by atoms with Crippen molar-refractivity contribution in [2.45, 2.75) is 39.2 Å². The van der Waals surface area contributed by atoms with Gasteiger partial charge in [0.1, 0.15) is 5.75 Å². The summed E-state index contributed by atoms with van der Waals surface area (Å²) < 4.78 is 32.2. The van der Waals surface area contributed by atoms with Crippen LogP contribution in [-0.2, 0) is 21.2 Å². The van der Waals surface area contributed by atoms with Crippen LogP contribution in [0, 0.1) is 0 Å². The minimum Gasteiger partial charge on any atom is -0.481 e. The summed E-state index contributed by atoms with van der Waals surface area (Å²) in [5.41, 5.74) is 2.29. The molecule has 1 unspecified atom stereocenters. The molecule has 0 radical (unpaired) electrons. The number of anilines is 2. The monoisotopic (exact) mass is 402 g/mol. The lowest BCUT2D eigenvalue weighted by atomic mass is 10.0. The highest BCUT2D eigenvalue weighted by atomic mass is 32.2. The Morgan fingerprint density at radius 2 is 1.96 bits per heavy atom. The van der Waals surface area contributed by atoms with E-state index in [9.17, 15) is 13.2 Å². The van der Waals surface area contributed by atoms with Crippen LogP contribution in [-0.4, -0.2) is 32.7 Å². The molecule has 0 aromatic heterocycles. The Morgan fingerprint density at radius 3 is 2.68 bits per heavy atom. The van der Waals surface area contributed by atoms with Crippen LogP contribution in [0.3, 0.4) is 0 Å². The summed E-state index contributed by atoms with van der Waals surface area (Å²) in [5.74, 6) is 0.515. The molecule has 1 amide bonds. The van der Waals surface area contributed by atoms with Gasteiger partial charge in [-0.15, -0.1) is 0 Å². The first-order valence-corrected chi connectivity index (χ1v) is 11.2. The number of nitrogens with zero attached hydrogens (tertiary/aromatic N) is 1. The quantitative estimate of drug-likeness (QED) is 0.768. The predicted octanol–water partition coefficient (Wildman–Crippen LogP) is 3.59. The number of para-hydroxylation sites is 1. The molecule has 1 atom stereocenters. The van der Waals surface area contributed by atoms with Gasteiger partial charge in [-0.1, -0.05) is 25.1 Å². The van der Waals surface area contributed by atoms with Gasteiger partial charge in [-0.3, -0.25) is 9.10 Å². The maximum Gasteiger partial charge on any atom is 0.265 e. The lowest BCUT2D eigenvalue weighted by Gasteiger charge is -2.30. The predicted molar refractivity (Wildman–Crippen MR) is 111 cm³/mol. The van der Waals surface area contributed by atoms with E-state index in [1.807, 2.05) is 31.2 Å². The number of hydrogen-bond donors (Lipinski definition) is 1. The number of benzene rings is 2. The molecular weight excluding hydrogens is 376 g/mol. The molecule has 6 nitrogen and oxygen atoms in total. The number of nitrogens with one attached hydrogen (secondary N) is 1. The average Bonchev–Trinajstić information content (AvgIpc) is 2.68. The molecule has 0 spiro atoms. The molecule has 1 aliphatic heterocycles.